The topological polar surface area (TPSA) is 339 Å². The normalized spacial score (nSPS) is 14.4. The number of methoxy groups -OCH3 is 3. The number of aryl methyl sites for hydroxylation is 3. The van der Waals surface area contributed by atoms with Crippen molar-refractivity contribution in [3.8, 4) is 70.2 Å². The molecule has 0 radical (unpaired) electrons. The maximum Gasteiger partial charge on any atom is 0.229 e. The van der Waals surface area contributed by atoms with E-state index in [-0.39, 0.29) is 44.1 Å². The molecule has 6 heterocycles. The highest BCUT2D eigenvalue weighted by atomic mass is 79.9. The summed E-state index contributed by atoms with van der Waals surface area (Å²) in [4.78, 5) is 0. The summed E-state index contributed by atoms with van der Waals surface area (Å²) in [6.45, 7) is 13.4. The average Bonchev–Trinajstić information content (AvgIpc) is 1.56. The van der Waals surface area contributed by atoms with E-state index in [9.17, 15) is 15.8 Å². The standard InChI is InChI=1S/3C21H17BrN4O2.4C2H6O/c3*1-12-18-19(15-10-13(22)8-9-17(15)27-2)16(11-23)20(24)28-21(18)26(25-12)14-6-4-3-5-7-14;4*1-2-3/h3*3-10,19H,24H2,1-2H3;4*3H,2H2,1H3. The van der Waals surface area contributed by atoms with Crippen LogP contribution >= 0.6 is 47.8 Å². The lowest BCUT2D eigenvalue weighted by atomic mass is 9.83. The zero-order chi connectivity index (χ0) is 70.3. The van der Waals surface area contributed by atoms with Crippen molar-refractivity contribution >= 4 is 47.8 Å². The van der Waals surface area contributed by atoms with Gasteiger partial charge in [-0.25, -0.2) is 14.0 Å². The van der Waals surface area contributed by atoms with E-state index in [4.69, 9.17) is 66.0 Å². The van der Waals surface area contributed by atoms with Gasteiger partial charge in [-0.1, -0.05) is 102 Å². The molecule has 0 spiro atoms. The molecule has 0 aliphatic carbocycles. The molecule has 3 atom stereocenters. The number of aliphatic hydroxyl groups is 4. The molecule has 10 N–H and O–H groups in total. The Bertz CT molecular complexity index is 3900. The van der Waals surface area contributed by atoms with Crippen LogP contribution in [0.3, 0.4) is 0 Å². The predicted molar refractivity (Wildman–Crippen MR) is 376 cm³/mol. The summed E-state index contributed by atoms with van der Waals surface area (Å²) in [6, 6.07) is 52.7. The zero-order valence-corrected chi connectivity index (χ0v) is 59.3. The average molecular weight is 1500 g/mol. The molecule has 0 fully saturated rings. The van der Waals surface area contributed by atoms with E-state index >= 15 is 0 Å². The summed E-state index contributed by atoms with van der Waals surface area (Å²) in [7, 11) is 4.81. The van der Waals surface area contributed by atoms with E-state index < -0.39 is 17.8 Å². The number of halogens is 3. The summed E-state index contributed by atoms with van der Waals surface area (Å²) in [5.74, 6) is 2.37. The Hall–Kier alpha value is -9.88. The Morgan fingerprint density at radius 1 is 0.417 bits per heavy atom. The number of rotatable bonds is 9. The molecule has 0 amide bonds. The van der Waals surface area contributed by atoms with Crippen LogP contribution in [0.1, 0.15) is 95.9 Å². The number of aliphatic hydroxyl groups excluding tert-OH is 4. The minimum Gasteiger partial charge on any atom is -0.496 e. The fraction of sp³-hybridized carbons (Fsp3) is 0.239. The van der Waals surface area contributed by atoms with Crippen molar-refractivity contribution in [3.63, 3.8) is 0 Å². The van der Waals surface area contributed by atoms with Gasteiger partial charge in [0, 0.05) is 56.5 Å². The number of aromatic nitrogens is 6. The lowest BCUT2D eigenvalue weighted by molar-refractivity contribution is 0.318. The third-order valence-corrected chi connectivity index (χ3v) is 15.7. The summed E-state index contributed by atoms with van der Waals surface area (Å²) in [6.07, 6.45) is 0. The quantitative estimate of drug-likeness (QED) is 0.0706. The van der Waals surface area contributed by atoms with E-state index in [1.807, 2.05) is 166 Å². The van der Waals surface area contributed by atoms with Gasteiger partial charge in [-0.2, -0.15) is 31.1 Å². The molecular weight excluding hydrogens is 1420 g/mol. The van der Waals surface area contributed by atoms with Crippen LogP contribution < -0.4 is 45.6 Å². The number of nitriles is 3. The summed E-state index contributed by atoms with van der Waals surface area (Å²) in [5, 5.41) is 73.7. The second-order valence-electron chi connectivity index (χ2n) is 20.4. The van der Waals surface area contributed by atoms with Crippen LogP contribution in [-0.2, 0) is 0 Å². The largest absolute Gasteiger partial charge is 0.496 e. The third kappa shape index (κ3) is 17.0. The number of nitrogens with zero attached hydrogens (tertiary/aromatic N) is 9. The highest BCUT2D eigenvalue weighted by Gasteiger charge is 2.41. The molecule has 0 saturated carbocycles. The van der Waals surface area contributed by atoms with Gasteiger partial charge in [0.05, 0.1) is 89.9 Å². The number of hydrogen-bond acceptors (Lipinski definition) is 19. The Morgan fingerprint density at radius 3 is 0.833 bits per heavy atom. The smallest absolute Gasteiger partial charge is 0.229 e. The molecule has 0 saturated heterocycles. The lowest BCUT2D eigenvalue weighted by Gasteiger charge is -2.26. The van der Waals surface area contributed by atoms with Crippen LogP contribution in [0.4, 0.5) is 0 Å². The molecule has 3 aliphatic rings. The molecular formula is C71H75Br3N12O10. The number of nitrogens with two attached hydrogens (primary N) is 3. The maximum absolute atomic E-state index is 9.82. The number of ether oxygens (including phenoxy) is 6. The molecule has 22 nitrogen and oxygen atoms in total. The van der Waals surface area contributed by atoms with Crippen LogP contribution in [0.5, 0.6) is 34.9 Å². The number of benzene rings is 6. The summed E-state index contributed by atoms with van der Waals surface area (Å²) >= 11 is 10.5. The summed E-state index contributed by atoms with van der Waals surface area (Å²) < 4.78 is 42.1. The Morgan fingerprint density at radius 2 is 0.635 bits per heavy atom. The van der Waals surface area contributed by atoms with E-state index in [2.05, 4.69) is 81.3 Å². The number of para-hydroxylation sites is 3. The van der Waals surface area contributed by atoms with Crippen LogP contribution in [0, 0.1) is 54.8 Å². The molecule has 0 bridgehead atoms. The molecule has 9 aromatic rings. The monoisotopic (exact) mass is 1490 g/mol. The highest BCUT2D eigenvalue weighted by Crippen LogP contribution is 2.51. The second-order valence-corrected chi connectivity index (χ2v) is 23.1. The minimum absolute atomic E-state index is 0.0686. The van der Waals surface area contributed by atoms with Gasteiger partial charge in [0.1, 0.15) is 52.2 Å². The van der Waals surface area contributed by atoms with Crippen LogP contribution in [0.15, 0.2) is 193 Å². The molecule has 3 unspecified atom stereocenters. The molecule has 500 valence electrons. The van der Waals surface area contributed by atoms with Gasteiger partial charge in [0.25, 0.3) is 0 Å². The first-order valence-electron chi connectivity index (χ1n) is 29.9. The van der Waals surface area contributed by atoms with Gasteiger partial charge in [-0.15, -0.1) is 0 Å². The summed E-state index contributed by atoms with van der Waals surface area (Å²) in [5.41, 5.74) is 29.1. The van der Waals surface area contributed by atoms with Gasteiger partial charge in [0.15, 0.2) is 0 Å². The Labute approximate surface area is 583 Å². The van der Waals surface area contributed by atoms with Crippen LogP contribution in [0.25, 0.3) is 17.1 Å². The molecule has 6 aromatic carbocycles. The lowest BCUT2D eigenvalue weighted by Crippen LogP contribution is -2.22. The van der Waals surface area contributed by atoms with Crippen molar-refractivity contribution in [2.45, 2.75) is 66.2 Å². The van der Waals surface area contributed by atoms with Crippen molar-refractivity contribution in [1.82, 2.24) is 29.3 Å². The van der Waals surface area contributed by atoms with Crippen LogP contribution in [-0.4, -0.2) is 97.5 Å². The maximum atomic E-state index is 9.82. The predicted octanol–water partition coefficient (Wildman–Crippen LogP) is 12.5. The molecule has 96 heavy (non-hydrogen) atoms. The first-order chi connectivity index (χ1) is 46.3. The van der Waals surface area contributed by atoms with Crippen molar-refractivity contribution in [3.05, 3.63) is 244 Å². The van der Waals surface area contributed by atoms with E-state index in [0.29, 0.717) is 51.6 Å². The fourth-order valence-corrected chi connectivity index (χ4v) is 11.6. The minimum atomic E-state index is -0.446. The van der Waals surface area contributed by atoms with E-state index in [1.54, 1.807) is 63.1 Å². The van der Waals surface area contributed by atoms with Gasteiger partial charge in [0.2, 0.25) is 35.3 Å². The van der Waals surface area contributed by atoms with Gasteiger partial charge >= 0.3 is 0 Å². The highest BCUT2D eigenvalue weighted by molar-refractivity contribution is 9.11. The van der Waals surface area contributed by atoms with Crippen molar-refractivity contribution in [2.75, 3.05) is 47.8 Å². The van der Waals surface area contributed by atoms with E-state index in [1.165, 1.54) is 0 Å². The number of hydrogen-bond donors (Lipinski definition) is 7. The third-order valence-electron chi connectivity index (χ3n) is 14.2. The van der Waals surface area contributed by atoms with Crippen molar-refractivity contribution in [1.29, 1.82) is 15.8 Å². The number of fused-ring (bicyclic) bond motifs is 3. The zero-order valence-electron chi connectivity index (χ0n) is 54.5. The van der Waals surface area contributed by atoms with Gasteiger partial charge < -0.3 is 66.0 Å². The molecule has 3 aromatic heterocycles. The first kappa shape index (κ1) is 75.2. The van der Waals surface area contributed by atoms with Crippen molar-refractivity contribution < 1.29 is 48.8 Å². The van der Waals surface area contributed by atoms with E-state index in [0.717, 1.165) is 80.9 Å². The Balaban J connectivity index is 0.000000210. The second kappa shape index (κ2) is 36.1. The fourth-order valence-electron chi connectivity index (χ4n) is 10.5. The van der Waals surface area contributed by atoms with Gasteiger partial charge in [-0.05, 0) is 139 Å². The molecule has 3 aliphatic heterocycles. The van der Waals surface area contributed by atoms with Crippen LogP contribution in [0.2, 0.25) is 0 Å². The van der Waals surface area contributed by atoms with Crippen molar-refractivity contribution in [2.24, 2.45) is 17.2 Å². The Kier molecular flexibility index (Phi) is 28.3. The molecule has 12 rings (SSSR count). The molecule has 25 heteroatoms. The number of allylic oxidation sites excluding steroid dienone is 3. The SMILES string of the molecule is CCO.CCO.CCO.CCO.COc1ccc(Br)cc1C1C(C#N)=C(N)Oc2c1c(C)nn2-c1ccccc1.COc1ccc(Br)cc1C1C(C#N)=C(N)Oc2c1c(C)nn2-c1ccccc1.COc1ccc(Br)cc1C1C(C#N)=C(N)Oc2c1c(C)nn2-c1ccccc1. The first-order valence-corrected chi connectivity index (χ1v) is 32.3. The van der Waals surface area contributed by atoms with Gasteiger partial charge in [-0.3, -0.25) is 0 Å².